The minimum Gasteiger partial charge on any atom is -0.492 e. The summed E-state index contributed by atoms with van der Waals surface area (Å²) in [5.74, 6) is 1.72. The van der Waals surface area contributed by atoms with Crippen LogP contribution in [0.25, 0.3) is 10.2 Å². The number of amides is 1. The van der Waals surface area contributed by atoms with E-state index in [-0.39, 0.29) is 5.91 Å². The van der Waals surface area contributed by atoms with E-state index >= 15 is 0 Å². The molecule has 7 heteroatoms. The smallest absolute Gasteiger partial charge is 0.241 e. The Labute approximate surface area is 216 Å². The number of likely N-dealkylation sites (N-methyl/N-ethyl adjacent to an activating group) is 1. The van der Waals surface area contributed by atoms with Gasteiger partial charge in [0.05, 0.1) is 17.2 Å². The van der Waals surface area contributed by atoms with Gasteiger partial charge in [-0.1, -0.05) is 67.6 Å². The standard InChI is InChI=1S/C29H31N3O3S/c1-4-31(5-2)18-19-32(29-30-27-24(34-6-3)16-11-17-25(27)36-29)28(33)26-20-12-7-9-14-22(20)35-23-15-10-8-13-21(23)26/h7-17,26H,4-6,18-19H2,1-3H3. The van der Waals surface area contributed by atoms with E-state index in [9.17, 15) is 4.79 Å². The number of carbonyl (C=O) groups excluding carboxylic acids is 1. The van der Waals surface area contributed by atoms with Crippen molar-refractivity contribution in [2.75, 3.05) is 37.7 Å². The van der Waals surface area contributed by atoms with E-state index in [1.54, 1.807) is 0 Å². The Kier molecular flexibility index (Phi) is 7.20. The molecule has 0 bridgehead atoms. The lowest BCUT2D eigenvalue weighted by atomic mass is 9.87. The molecule has 186 valence electrons. The number of hydrogen-bond acceptors (Lipinski definition) is 6. The van der Waals surface area contributed by atoms with Crippen molar-refractivity contribution >= 4 is 32.6 Å². The summed E-state index contributed by atoms with van der Waals surface area (Å²) in [5, 5.41) is 0.691. The number of aromatic nitrogens is 1. The van der Waals surface area contributed by atoms with Crippen LogP contribution in [0.3, 0.4) is 0 Å². The molecule has 5 rings (SSSR count). The molecule has 6 nitrogen and oxygen atoms in total. The van der Waals surface area contributed by atoms with Crippen LogP contribution in [0.1, 0.15) is 37.8 Å². The molecule has 0 atom stereocenters. The second-order valence-electron chi connectivity index (χ2n) is 8.66. The lowest BCUT2D eigenvalue weighted by Crippen LogP contribution is -2.42. The summed E-state index contributed by atoms with van der Waals surface area (Å²) in [6.45, 7) is 9.98. The van der Waals surface area contributed by atoms with Crippen LogP contribution in [0, 0.1) is 0 Å². The highest BCUT2D eigenvalue weighted by Crippen LogP contribution is 2.45. The quantitative estimate of drug-likeness (QED) is 0.269. The van der Waals surface area contributed by atoms with E-state index in [2.05, 4.69) is 18.7 Å². The summed E-state index contributed by atoms with van der Waals surface area (Å²) in [5.41, 5.74) is 2.56. The normalized spacial score (nSPS) is 12.8. The van der Waals surface area contributed by atoms with Gasteiger partial charge in [-0.3, -0.25) is 9.69 Å². The van der Waals surface area contributed by atoms with Crippen molar-refractivity contribution in [3.8, 4) is 17.2 Å². The van der Waals surface area contributed by atoms with Crippen molar-refractivity contribution in [2.24, 2.45) is 0 Å². The maximum Gasteiger partial charge on any atom is 0.241 e. The van der Waals surface area contributed by atoms with Gasteiger partial charge in [0.1, 0.15) is 22.8 Å². The van der Waals surface area contributed by atoms with Gasteiger partial charge >= 0.3 is 0 Å². The molecule has 0 unspecified atom stereocenters. The van der Waals surface area contributed by atoms with Crippen LogP contribution in [-0.2, 0) is 4.79 Å². The average Bonchev–Trinajstić information content (AvgIpc) is 3.34. The van der Waals surface area contributed by atoms with Gasteiger partial charge in [0.15, 0.2) is 5.13 Å². The number of fused-ring (bicyclic) bond motifs is 3. The molecule has 0 aliphatic carbocycles. The van der Waals surface area contributed by atoms with Crippen molar-refractivity contribution in [3.63, 3.8) is 0 Å². The molecule has 0 saturated heterocycles. The molecule has 1 aliphatic heterocycles. The molecule has 2 heterocycles. The number of para-hydroxylation sites is 3. The minimum atomic E-state index is -0.471. The predicted octanol–water partition coefficient (Wildman–Crippen LogP) is 6.31. The molecule has 0 spiro atoms. The lowest BCUT2D eigenvalue weighted by molar-refractivity contribution is -0.119. The second kappa shape index (κ2) is 10.7. The van der Waals surface area contributed by atoms with Gasteiger partial charge in [-0.25, -0.2) is 4.98 Å². The minimum absolute atomic E-state index is 0.00220. The molecular weight excluding hydrogens is 470 g/mol. The Morgan fingerprint density at radius 1 is 0.917 bits per heavy atom. The fourth-order valence-electron chi connectivity index (χ4n) is 4.71. The van der Waals surface area contributed by atoms with Crippen LogP contribution in [0.4, 0.5) is 5.13 Å². The molecule has 0 fully saturated rings. The van der Waals surface area contributed by atoms with E-state index in [1.165, 1.54) is 11.3 Å². The van der Waals surface area contributed by atoms with E-state index in [0.717, 1.165) is 58.2 Å². The van der Waals surface area contributed by atoms with Crippen LogP contribution in [-0.4, -0.2) is 48.6 Å². The third kappa shape index (κ3) is 4.56. The maximum absolute atomic E-state index is 14.5. The number of rotatable bonds is 9. The maximum atomic E-state index is 14.5. The predicted molar refractivity (Wildman–Crippen MR) is 146 cm³/mol. The highest BCUT2D eigenvalue weighted by molar-refractivity contribution is 7.22. The number of nitrogens with zero attached hydrogens (tertiary/aromatic N) is 3. The first-order chi connectivity index (χ1) is 17.6. The SMILES string of the molecule is CCOc1cccc2sc(N(CCN(CC)CC)C(=O)C3c4ccccc4Oc4ccccc43)nc12. The summed E-state index contributed by atoms with van der Waals surface area (Å²) in [6, 6.07) is 21.6. The summed E-state index contributed by atoms with van der Waals surface area (Å²) in [7, 11) is 0. The Balaban J connectivity index is 1.60. The molecule has 1 aromatic heterocycles. The first-order valence-electron chi connectivity index (χ1n) is 12.6. The molecule has 1 aliphatic rings. The van der Waals surface area contributed by atoms with Gasteiger partial charge < -0.3 is 14.4 Å². The van der Waals surface area contributed by atoms with Gasteiger partial charge in [-0.2, -0.15) is 0 Å². The molecule has 0 saturated carbocycles. The largest absolute Gasteiger partial charge is 0.492 e. The highest BCUT2D eigenvalue weighted by atomic mass is 32.1. The first kappa shape index (κ1) is 24.3. The number of carbonyl (C=O) groups is 1. The molecule has 3 aromatic carbocycles. The third-order valence-electron chi connectivity index (χ3n) is 6.63. The zero-order valence-electron chi connectivity index (χ0n) is 20.9. The number of anilines is 1. The zero-order valence-corrected chi connectivity index (χ0v) is 21.8. The zero-order chi connectivity index (χ0) is 25.1. The summed E-state index contributed by atoms with van der Waals surface area (Å²) < 4.78 is 13.0. The second-order valence-corrected chi connectivity index (χ2v) is 9.67. The Hall–Kier alpha value is -3.42. The molecule has 0 radical (unpaired) electrons. The monoisotopic (exact) mass is 501 g/mol. The number of hydrogen-bond donors (Lipinski definition) is 0. The molecule has 0 N–H and O–H groups in total. The van der Waals surface area contributed by atoms with Crippen LogP contribution >= 0.6 is 11.3 Å². The number of ether oxygens (including phenoxy) is 2. The van der Waals surface area contributed by atoms with Crippen LogP contribution in [0.2, 0.25) is 0 Å². The van der Waals surface area contributed by atoms with Gasteiger partial charge in [0.25, 0.3) is 0 Å². The number of benzene rings is 3. The van der Waals surface area contributed by atoms with E-state index in [0.29, 0.717) is 18.3 Å². The fourth-order valence-corrected chi connectivity index (χ4v) is 5.73. The van der Waals surface area contributed by atoms with E-state index in [1.807, 2.05) is 78.6 Å². The molecular formula is C29H31N3O3S. The average molecular weight is 502 g/mol. The first-order valence-corrected chi connectivity index (χ1v) is 13.4. The third-order valence-corrected chi connectivity index (χ3v) is 7.67. The highest BCUT2D eigenvalue weighted by Gasteiger charge is 2.36. The van der Waals surface area contributed by atoms with Crippen LogP contribution in [0.5, 0.6) is 17.2 Å². The summed E-state index contributed by atoms with van der Waals surface area (Å²) in [6.07, 6.45) is 0. The van der Waals surface area contributed by atoms with Crippen molar-refractivity contribution < 1.29 is 14.3 Å². The molecule has 4 aromatic rings. The van der Waals surface area contributed by atoms with E-state index in [4.69, 9.17) is 14.5 Å². The summed E-state index contributed by atoms with van der Waals surface area (Å²) >= 11 is 1.53. The lowest BCUT2D eigenvalue weighted by Gasteiger charge is -2.32. The van der Waals surface area contributed by atoms with Gasteiger partial charge in [0.2, 0.25) is 5.91 Å². The Morgan fingerprint density at radius 2 is 1.58 bits per heavy atom. The van der Waals surface area contributed by atoms with Gasteiger partial charge in [0, 0.05) is 24.2 Å². The van der Waals surface area contributed by atoms with Crippen molar-refractivity contribution in [3.05, 3.63) is 77.9 Å². The molecule has 36 heavy (non-hydrogen) atoms. The molecule has 1 amide bonds. The van der Waals surface area contributed by atoms with Gasteiger partial charge in [-0.15, -0.1) is 0 Å². The Bertz CT molecular complexity index is 1320. The van der Waals surface area contributed by atoms with Crippen molar-refractivity contribution in [2.45, 2.75) is 26.7 Å². The fraction of sp³-hybridized carbons (Fsp3) is 0.310. The van der Waals surface area contributed by atoms with Crippen LogP contribution in [0.15, 0.2) is 66.7 Å². The van der Waals surface area contributed by atoms with Gasteiger partial charge in [-0.05, 0) is 44.3 Å². The Morgan fingerprint density at radius 3 is 2.22 bits per heavy atom. The number of thiazole rings is 1. The summed E-state index contributed by atoms with van der Waals surface area (Å²) in [4.78, 5) is 23.6. The van der Waals surface area contributed by atoms with E-state index < -0.39 is 5.92 Å². The van der Waals surface area contributed by atoms with Crippen LogP contribution < -0.4 is 14.4 Å². The van der Waals surface area contributed by atoms with Crippen molar-refractivity contribution in [1.29, 1.82) is 0 Å². The van der Waals surface area contributed by atoms with Crippen molar-refractivity contribution in [1.82, 2.24) is 9.88 Å². The topological polar surface area (TPSA) is 54.9 Å².